The Morgan fingerprint density at radius 1 is 0.971 bits per heavy atom. The Balaban J connectivity index is 2.97. The lowest BCUT2D eigenvalue weighted by molar-refractivity contribution is -0.145. The summed E-state index contributed by atoms with van der Waals surface area (Å²) in [5.74, 6) is -4.51. The predicted molar refractivity (Wildman–Crippen MR) is 126 cm³/mol. The highest BCUT2D eigenvalue weighted by molar-refractivity contribution is 7.80. The smallest absolute Gasteiger partial charge is 0.328 e. The standard InChI is InChI=1S/C21H31N5O7S/c1-11(27)17(21(32)33)26-19(30)14(9-12-5-3-2-4-6-12)24-20(31)15(10-34)25-18(29)13(22)7-8-16(23)28/h2-6,11,13-15,17,27,34H,7-10,22H2,1H3,(H2,23,28)(H,24,31)(H,25,29)(H,26,30)(H,32,33)/t11-,13+,14+,15+,17+/m1/s1. The molecule has 1 aromatic carbocycles. The normalized spacial score (nSPS) is 15.2. The number of aliphatic hydroxyl groups is 1. The third kappa shape index (κ3) is 9.77. The Bertz CT molecular complexity index is 868. The molecule has 0 unspecified atom stereocenters. The first-order valence-corrected chi connectivity index (χ1v) is 11.1. The Morgan fingerprint density at radius 3 is 2.03 bits per heavy atom. The van der Waals surface area contributed by atoms with E-state index in [0.29, 0.717) is 5.56 Å². The first-order chi connectivity index (χ1) is 16.0. The Labute approximate surface area is 202 Å². The number of nitrogens with one attached hydrogen (secondary N) is 3. The van der Waals surface area contributed by atoms with Crippen LogP contribution in [-0.2, 0) is 30.4 Å². The van der Waals surface area contributed by atoms with E-state index in [-0.39, 0.29) is 25.0 Å². The summed E-state index contributed by atoms with van der Waals surface area (Å²) in [4.78, 5) is 60.1. The molecule has 12 nitrogen and oxygen atoms in total. The quantitative estimate of drug-likeness (QED) is 0.130. The van der Waals surface area contributed by atoms with Gasteiger partial charge in [-0.15, -0.1) is 0 Å². The van der Waals surface area contributed by atoms with Gasteiger partial charge in [0.2, 0.25) is 23.6 Å². The van der Waals surface area contributed by atoms with E-state index in [1.54, 1.807) is 30.3 Å². The van der Waals surface area contributed by atoms with Gasteiger partial charge >= 0.3 is 5.97 Å². The molecule has 0 aliphatic heterocycles. The number of rotatable bonds is 14. The molecule has 188 valence electrons. The van der Waals surface area contributed by atoms with Crippen LogP contribution in [0.3, 0.4) is 0 Å². The van der Waals surface area contributed by atoms with E-state index in [9.17, 15) is 34.2 Å². The number of nitrogens with two attached hydrogens (primary N) is 2. The summed E-state index contributed by atoms with van der Waals surface area (Å²) < 4.78 is 0. The second-order valence-corrected chi connectivity index (χ2v) is 8.04. The molecular formula is C21H31N5O7S. The van der Waals surface area contributed by atoms with E-state index in [1.165, 1.54) is 6.92 Å². The molecule has 1 rings (SSSR count). The predicted octanol–water partition coefficient (Wildman–Crippen LogP) is -2.33. The van der Waals surface area contributed by atoms with E-state index in [1.807, 2.05) is 0 Å². The van der Waals surface area contributed by atoms with Gasteiger partial charge < -0.3 is 37.6 Å². The molecule has 0 spiro atoms. The number of amides is 4. The number of carboxylic acids is 1. The minimum Gasteiger partial charge on any atom is -0.480 e. The van der Waals surface area contributed by atoms with Gasteiger partial charge in [-0.2, -0.15) is 12.6 Å². The fraction of sp³-hybridized carbons (Fsp3) is 0.476. The van der Waals surface area contributed by atoms with E-state index in [0.717, 1.165) is 0 Å². The molecular weight excluding hydrogens is 466 g/mol. The van der Waals surface area contributed by atoms with Crippen molar-refractivity contribution >= 4 is 42.2 Å². The van der Waals surface area contributed by atoms with Crippen LogP contribution in [0.1, 0.15) is 25.3 Å². The summed E-state index contributed by atoms with van der Waals surface area (Å²) >= 11 is 4.06. The van der Waals surface area contributed by atoms with Crippen molar-refractivity contribution in [3.63, 3.8) is 0 Å². The lowest BCUT2D eigenvalue weighted by Gasteiger charge is -2.25. The van der Waals surface area contributed by atoms with E-state index in [2.05, 4.69) is 28.6 Å². The van der Waals surface area contributed by atoms with Crippen LogP contribution in [0.15, 0.2) is 30.3 Å². The molecule has 5 atom stereocenters. The van der Waals surface area contributed by atoms with Crippen LogP contribution in [0.5, 0.6) is 0 Å². The van der Waals surface area contributed by atoms with Gasteiger partial charge in [0.25, 0.3) is 0 Å². The minimum absolute atomic E-state index is 0.00985. The lowest BCUT2D eigenvalue weighted by Crippen LogP contribution is -2.59. The summed E-state index contributed by atoms with van der Waals surface area (Å²) in [6.45, 7) is 1.21. The molecule has 4 amide bonds. The summed E-state index contributed by atoms with van der Waals surface area (Å²) in [6.07, 6.45) is -1.51. The topological polar surface area (TPSA) is 214 Å². The van der Waals surface area contributed by atoms with Gasteiger partial charge in [-0.25, -0.2) is 4.79 Å². The number of carbonyl (C=O) groups is 5. The van der Waals surface area contributed by atoms with Gasteiger partial charge in [-0.05, 0) is 18.9 Å². The molecule has 0 heterocycles. The molecule has 0 aromatic heterocycles. The van der Waals surface area contributed by atoms with Crippen molar-refractivity contribution in [1.82, 2.24) is 16.0 Å². The van der Waals surface area contributed by atoms with Crippen LogP contribution in [0, 0.1) is 0 Å². The van der Waals surface area contributed by atoms with Crippen LogP contribution >= 0.6 is 12.6 Å². The second-order valence-electron chi connectivity index (χ2n) is 7.67. The number of benzene rings is 1. The average Bonchev–Trinajstić information content (AvgIpc) is 2.78. The largest absolute Gasteiger partial charge is 0.480 e. The molecule has 34 heavy (non-hydrogen) atoms. The van der Waals surface area contributed by atoms with Crippen molar-refractivity contribution in [3.05, 3.63) is 35.9 Å². The van der Waals surface area contributed by atoms with Crippen molar-refractivity contribution in [3.8, 4) is 0 Å². The number of hydrogen-bond donors (Lipinski definition) is 8. The molecule has 9 N–H and O–H groups in total. The highest BCUT2D eigenvalue weighted by Crippen LogP contribution is 2.06. The summed E-state index contributed by atoms with van der Waals surface area (Å²) in [7, 11) is 0. The van der Waals surface area contributed by atoms with Gasteiger partial charge in [-0.1, -0.05) is 30.3 Å². The first kappa shape index (κ1) is 28.9. The van der Waals surface area contributed by atoms with Crippen LogP contribution in [0.2, 0.25) is 0 Å². The van der Waals surface area contributed by atoms with Crippen LogP contribution in [-0.4, -0.2) is 75.8 Å². The number of hydrogen-bond acceptors (Lipinski definition) is 8. The number of aliphatic hydroxyl groups excluding tert-OH is 1. The minimum atomic E-state index is -1.59. The highest BCUT2D eigenvalue weighted by atomic mass is 32.1. The van der Waals surface area contributed by atoms with E-state index in [4.69, 9.17) is 11.5 Å². The SMILES string of the molecule is C[C@@H](O)[C@H](NC(=O)[C@H](Cc1ccccc1)NC(=O)[C@H](CS)NC(=O)[C@@H](N)CCC(N)=O)C(=O)O. The van der Waals surface area contributed by atoms with Crippen molar-refractivity contribution in [2.75, 3.05) is 5.75 Å². The fourth-order valence-corrected chi connectivity index (χ4v) is 3.13. The fourth-order valence-electron chi connectivity index (χ4n) is 2.88. The zero-order valence-corrected chi connectivity index (χ0v) is 19.5. The van der Waals surface area contributed by atoms with Crippen LogP contribution in [0.4, 0.5) is 0 Å². The molecule has 0 radical (unpaired) electrons. The maximum absolute atomic E-state index is 12.8. The number of carboxylic acid groups (broad SMARTS) is 1. The summed E-state index contributed by atoms with van der Waals surface area (Å²) in [6, 6.07) is 3.57. The van der Waals surface area contributed by atoms with Gasteiger partial charge in [0.05, 0.1) is 12.1 Å². The first-order valence-electron chi connectivity index (χ1n) is 10.5. The van der Waals surface area contributed by atoms with Crippen molar-refractivity contribution < 1.29 is 34.2 Å². The molecule has 1 aromatic rings. The van der Waals surface area contributed by atoms with Crippen molar-refractivity contribution in [2.24, 2.45) is 11.5 Å². The molecule has 13 heteroatoms. The van der Waals surface area contributed by atoms with Crippen LogP contribution < -0.4 is 27.4 Å². The summed E-state index contributed by atoms with van der Waals surface area (Å²) in [5.41, 5.74) is 11.4. The Morgan fingerprint density at radius 2 is 1.53 bits per heavy atom. The lowest BCUT2D eigenvalue weighted by atomic mass is 10.0. The van der Waals surface area contributed by atoms with Crippen LogP contribution in [0.25, 0.3) is 0 Å². The van der Waals surface area contributed by atoms with Gasteiger partial charge in [0.1, 0.15) is 12.1 Å². The number of thiol groups is 1. The zero-order valence-electron chi connectivity index (χ0n) is 18.6. The van der Waals surface area contributed by atoms with Gasteiger partial charge in [0.15, 0.2) is 6.04 Å². The van der Waals surface area contributed by atoms with E-state index < -0.39 is 59.9 Å². The van der Waals surface area contributed by atoms with Gasteiger partial charge in [-0.3, -0.25) is 19.2 Å². The monoisotopic (exact) mass is 497 g/mol. The molecule has 0 fully saturated rings. The number of primary amides is 1. The maximum atomic E-state index is 12.8. The third-order valence-electron chi connectivity index (χ3n) is 4.82. The molecule has 0 aliphatic carbocycles. The maximum Gasteiger partial charge on any atom is 0.328 e. The summed E-state index contributed by atoms with van der Waals surface area (Å²) in [5, 5.41) is 26.0. The Kier molecular flexibility index (Phi) is 12.0. The molecule has 0 saturated heterocycles. The van der Waals surface area contributed by atoms with E-state index >= 15 is 0 Å². The Hall–Kier alpha value is -3.16. The zero-order chi connectivity index (χ0) is 25.8. The van der Waals surface area contributed by atoms with Crippen molar-refractivity contribution in [1.29, 1.82) is 0 Å². The number of carbonyl (C=O) groups excluding carboxylic acids is 4. The average molecular weight is 498 g/mol. The van der Waals surface area contributed by atoms with Crippen molar-refractivity contribution in [2.45, 2.75) is 56.5 Å². The van der Waals surface area contributed by atoms with Gasteiger partial charge in [0, 0.05) is 18.6 Å². The molecule has 0 bridgehead atoms. The molecule has 0 aliphatic rings. The molecule has 0 saturated carbocycles. The number of aliphatic carboxylic acids is 1. The third-order valence-corrected chi connectivity index (χ3v) is 5.18. The highest BCUT2D eigenvalue weighted by Gasteiger charge is 2.31. The second kappa shape index (κ2) is 14.2.